The van der Waals surface area contributed by atoms with E-state index in [1.54, 1.807) is 6.07 Å². The minimum absolute atomic E-state index is 0.0753. The molecule has 1 amide bonds. The molecule has 6 nitrogen and oxygen atoms in total. The van der Waals surface area contributed by atoms with Crippen molar-refractivity contribution < 1.29 is 4.79 Å². The number of aromatic nitrogens is 2. The second-order valence-corrected chi connectivity index (χ2v) is 4.27. The molecule has 2 rings (SSSR count). The van der Waals surface area contributed by atoms with Crippen LogP contribution < -0.4 is 16.6 Å². The molecular formula is C13H13N3O3. The SMILES string of the molecule is Cc1ccc(NC(=O)c2cc(=O)[nH]c(=O)[nH]2)c(C)c1. The maximum absolute atomic E-state index is 11.9. The van der Waals surface area contributed by atoms with Crippen LogP contribution in [0.1, 0.15) is 21.6 Å². The number of benzene rings is 1. The normalized spacial score (nSPS) is 10.2. The van der Waals surface area contributed by atoms with Crippen LogP contribution in [0.2, 0.25) is 0 Å². The zero-order valence-electron chi connectivity index (χ0n) is 10.5. The van der Waals surface area contributed by atoms with E-state index in [9.17, 15) is 14.4 Å². The molecule has 0 unspecified atom stereocenters. The number of carbonyl (C=O) groups excluding carboxylic acids is 1. The molecule has 0 radical (unpaired) electrons. The molecule has 0 aliphatic carbocycles. The molecule has 0 fully saturated rings. The Morgan fingerprint density at radius 1 is 1.11 bits per heavy atom. The predicted octanol–water partition coefficient (Wildman–Crippen LogP) is 0.932. The number of rotatable bonds is 2. The first kappa shape index (κ1) is 12.8. The number of anilines is 1. The van der Waals surface area contributed by atoms with E-state index in [2.05, 4.69) is 10.3 Å². The minimum atomic E-state index is -0.710. The van der Waals surface area contributed by atoms with Crippen LogP contribution in [0.15, 0.2) is 33.9 Å². The molecule has 0 aliphatic heterocycles. The molecule has 0 aliphatic rings. The fourth-order valence-corrected chi connectivity index (χ4v) is 1.73. The Bertz CT molecular complexity index is 715. The molecule has 0 bridgehead atoms. The second kappa shape index (κ2) is 4.93. The van der Waals surface area contributed by atoms with Crippen molar-refractivity contribution in [2.75, 3.05) is 5.32 Å². The Kier molecular flexibility index (Phi) is 3.33. The molecule has 0 saturated heterocycles. The number of H-pyrrole nitrogens is 2. The van der Waals surface area contributed by atoms with Gasteiger partial charge in [0, 0.05) is 11.8 Å². The van der Waals surface area contributed by atoms with Gasteiger partial charge in [-0.1, -0.05) is 17.7 Å². The summed E-state index contributed by atoms with van der Waals surface area (Å²) in [7, 11) is 0. The highest BCUT2D eigenvalue weighted by Gasteiger charge is 2.09. The van der Waals surface area contributed by atoms with E-state index in [-0.39, 0.29) is 5.69 Å². The molecule has 0 atom stereocenters. The van der Waals surface area contributed by atoms with E-state index in [1.165, 1.54) is 0 Å². The molecule has 1 aromatic carbocycles. The molecule has 1 heterocycles. The highest BCUT2D eigenvalue weighted by molar-refractivity contribution is 6.03. The van der Waals surface area contributed by atoms with Gasteiger partial charge in [0.15, 0.2) is 0 Å². The Hall–Kier alpha value is -2.63. The third-order valence-corrected chi connectivity index (χ3v) is 2.64. The van der Waals surface area contributed by atoms with E-state index in [4.69, 9.17) is 0 Å². The van der Waals surface area contributed by atoms with Crippen LogP contribution in [-0.4, -0.2) is 15.9 Å². The molecule has 98 valence electrons. The van der Waals surface area contributed by atoms with E-state index in [0.717, 1.165) is 17.2 Å². The lowest BCUT2D eigenvalue weighted by Gasteiger charge is -2.08. The molecule has 1 aromatic heterocycles. The Morgan fingerprint density at radius 3 is 2.47 bits per heavy atom. The maximum Gasteiger partial charge on any atom is 0.326 e. The van der Waals surface area contributed by atoms with E-state index in [0.29, 0.717) is 5.69 Å². The summed E-state index contributed by atoms with van der Waals surface area (Å²) in [6, 6.07) is 6.60. The Morgan fingerprint density at radius 2 is 1.84 bits per heavy atom. The highest BCUT2D eigenvalue weighted by Crippen LogP contribution is 2.16. The zero-order chi connectivity index (χ0) is 14.0. The number of hydrogen-bond acceptors (Lipinski definition) is 3. The third-order valence-electron chi connectivity index (χ3n) is 2.64. The number of aromatic amines is 2. The van der Waals surface area contributed by atoms with Crippen LogP contribution >= 0.6 is 0 Å². The van der Waals surface area contributed by atoms with Gasteiger partial charge in [0.05, 0.1) is 0 Å². The standard InChI is InChI=1S/C13H13N3O3/c1-7-3-4-9(8(2)5-7)14-12(18)10-6-11(17)16-13(19)15-10/h3-6H,1-2H3,(H,14,18)(H2,15,16,17,19). The van der Waals surface area contributed by atoms with Gasteiger partial charge in [-0.15, -0.1) is 0 Å². The lowest BCUT2D eigenvalue weighted by atomic mass is 10.1. The van der Waals surface area contributed by atoms with Crippen LogP contribution in [-0.2, 0) is 0 Å². The van der Waals surface area contributed by atoms with Gasteiger partial charge in [-0.2, -0.15) is 0 Å². The Labute approximate surface area is 108 Å². The summed E-state index contributed by atoms with van der Waals surface area (Å²) in [6.45, 7) is 3.82. The fourth-order valence-electron chi connectivity index (χ4n) is 1.73. The molecule has 0 saturated carbocycles. The first-order chi connectivity index (χ1) is 8.95. The van der Waals surface area contributed by atoms with Crippen LogP contribution in [0.25, 0.3) is 0 Å². The van der Waals surface area contributed by atoms with Crippen molar-refractivity contribution in [2.24, 2.45) is 0 Å². The lowest BCUT2D eigenvalue weighted by molar-refractivity contribution is 0.102. The summed E-state index contributed by atoms with van der Waals surface area (Å²) in [4.78, 5) is 38.4. The molecule has 19 heavy (non-hydrogen) atoms. The predicted molar refractivity (Wildman–Crippen MR) is 71.6 cm³/mol. The van der Waals surface area contributed by atoms with Crippen molar-refractivity contribution in [3.63, 3.8) is 0 Å². The van der Waals surface area contributed by atoms with Crippen LogP contribution in [0.3, 0.4) is 0 Å². The topological polar surface area (TPSA) is 94.8 Å². The molecule has 2 aromatic rings. The van der Waals surface area contributed by atoms with Gasteiger partial charge >= 0.3 is 5.69 Å². The van der Waals surface area contributed by atoms with Gasteiger partial charge in [0.25, 0.3) is 11.5 Å². The summed E-state index contributed by atoms with van der Waals surface area (Å²) in [5, 5.41) is 2.65. The van der Waals surface area contributed by atoms with E-state index < -0.39 is 17.2 Å². The second-order valence-electron chi connectivity index (χ2n) is 4.27. The maximum atomic E-state index is 11.9. The third kappa shape index (κ3) is 2.98. The first-order valence-corrected chi connectivity index (χ1v) is 5.68. The van der Waals surface area contributed by atoms with Crippen LogP contribution in [0.4, 0.5) is 5.69 Å². The van der Waals surface area contributed by atoms with Crippen molar-refractivity contribution in [1.29, 1.82) is 0 Å². The van der Waals surface area contributed by atoms with Crippen LogP contribution in [0, 0.1) is 13.8 Å². The smallest absolute Gasteiger partial charge is 0.320 e. The quantitative estimate of drug-likeness (QED) is 0.748. The number of hydrogen-bond donors (Lipinski definition) is 3. The van der Waals surface area contributed by atoms with Gasteiger partial charge in [-0.25, -0.2) is 4.79 Å². The van der Waals surface area contributed by atoms with Gasteiger partial charge in [-0.05, 0) is 25.5 Å². The number of nitrogens with one attached hydrogen (secondary N) is 3. The molecule has 3 N–H and O–H groups in total. The van der Waals surface area contributed by atoms with Gasteiger partial charge in [0.1, 0.15) is 5.69 Å². The number of carbonyl (C=O) groups is 1. The summed E-state index contributed by atoms with van der Waals surface area (Å²) in [6.07, 6.45) is 0. The van der Waals surface area contributed by atoms with Crippen molar-refractivity contribution >= 4 is 11.6 Å². The average molecular weight is 259 g/mol. The van der Waals surface area contributed by atoms with Crippen molar-refractivity contribution in [3.8, 4) is 0 Å². The summed E-state index contributed by atoms with van der Waals surface area (Å²) >= 11 is 0. The van der Waals surface area contributed by atoms with Crippen molar-refractivity contribution in [3.05, 3.63) is 61.9 Å². The van der Waals surface area contributed by atoms with Gasteiger partial charge in [0.2, 0.25) is 0 Å². The Balaban J connectivity index is 2.30. The van der Waals surface area contributed by atoms with Crippen molar-refractivity contribution in [2.45, 2.75) is 13.8 Å². The minimum Gasteiger partial charge on any atom is -0.320 e. The van der Waals surface area contributed by atoms with Gasteiger partial charge < -0.3 is 10.3 Å². The number of aryl methyl sites for hydroxylation is 2. The first-order valence-electron chi connectivity index (χ1n) is 5.68. The average Bonchev–Trinajstić information content (AvgIpc) is 2.31. The summed E-state index contributed by atoms with van der Waals surface area (Å²) < 4.78 is 0. The molecule has 0 spiro atoms. The largest absolute Gasteiger partial charge is 0.326 e. The van der Waals surface area contributed by atoms with Crippen molar-refractivity contribution in [1.82, 2.24) is 9.97 Å². The summed E-state index contributed by atoms with van der Waals surface area (Å²) in [5.41, 5.74) is 1.22. The highest BCUT2D eigenvalue weighted by atomic mass is 16.2. The molecular weight excluding hydrogens is 246 g/mol. The number of amides is 1. The summed E-state index contributed by atoms with van der Waals surface area (Å²) in [5.74, 6) is -0.532. The van der Waals surface area contributed by atoms with E-state index in [1.807, 2.05) is 31.0 Å². The molecule has 6 heteroatoms. The van der Waals surface area contributed by atoms with Crippen LogP contribution in [0.5, 0.6) is 0 Å². The van der Waals surface area contributed by atoms with Gasteiger partial charge in [-0.3, -0.25) is 14.6 Å². The lowest BCUT2D eigenvalue weighted by Crippen LogP contribution is -2.27. The monoisotopic (exact) mass is 259 g/mol. The zero-order valence-corrected chi connectivity index (χ0v) is 10.5. The van der Waals surface area contributed by atoms with E-state index >= 15 is 0 Å². The fraction of sp³-hybridized carbons (Fsp3) is 0.154.